The molecule has 2 aromatic rings. The molecular formula is C28H41N5O8. The number of anilines is 1. The number of pyridine rings is 2. The molecule has 0 atom stereocenters. The van der Waals surface area contributed by atoms with Crippen LogP contribution < -0.4 is 5.73 Å². The van der Waals surface area contributed by atoms with E-state index in [1.54, 1.807) is 18.2 Å². The Balaban J connectivity index is 1.51. The zero-order chi connectivity index (χ0) is 29.3. The molecule has 226 valence electrons. The second-order valence-corrected chi connectivity index (χ2v) is 9.28. The zero-order valence-corrected chi connectivity index (χ0v) is 23.9. The molecule has 3 rings (SSSR count). The minimum atomic E-state index is -0.530. The van der Waals surface area contributed by atoms with Crippen LogP contribution in [0, 0.1) is 0 Å². The van der Waals surface area contributed by atoms with Crippen LogP contribution in [0.1, 0.15) is 32.4 Å². The highest BCUT2D eigenvalue weighted by atomic mass is 16.5. The molecule has 1 aliphatic heterocycles. The molecule has 1 fully saturated rings. The maximum atomic E-state index is 11.9. The monoisotopic (exact) mass is 575 g/mol. The number of esters is 2. The van der Waals surface area contributed by atoms with Gasteiger partial charge in [0, 0.05) is 45.0 Å². The second-order valence-electron chi connectivity index (χ2n) is 9.28. The van der Waals surface area contributed by atoms with E-state index in [1.165, 1.54) is 20.3 Å². The van der Waals surface area contributed by atoms with Gasteiger partial charge in [0.1, 0.15) is 5.69 Å². The number of methoxy groups -OCH3 is 2. The van der Waals surface area contributed by atoms with Crippen LogP contribution in [0.4, 0.5) is 5.69 Å². The van der Waals surface area contributed by atoms with Gasteiger partial charge >= 0.3 is 11.9 Å². The van der Waals surface area contributed by atoms with E-state index in [-0.39, 0.29) is 11.4 Å². The summed E-state index contributed by atoms with van der Waals surface area (Å²) in [6.07, 6.45) is 0. The van der Waals surface area contributed by atoms with Crippen LogP contribution in [0.3, 0.4) is 0 Å². The summed E-state index contributed by atoms with van der Waals surface area (Å²) in [6, 6.07) is 8.56. The molecule has 3 heterocycles. The van der Waals surface area contributed by atoms with Crippen LogP contribution in [-0.4, -0.2) is 125 Å². The maximum Gasteiger partial charge on any atom is 0.356 e. The summed E-state index contributed by atoms with van der Waals surface area (Å²) >= 11 is 0. The third-order valence-electron chi connectivity index (χ3n) is 6.22. The van der Waals surface area contributed by atoms with Crippen molar-refractivity contribution >= 4 is 17.6 Å². The molecule has 13 nitrogen and oxygen atoms in total. The average molecular weight is 576 g/mol. The van der Waals surface area contributed by atoms with Crippen molar-refractivity contribution in [1.82, 2.24) is 19.8 Å². The number of carbonyl (C=O) groups is 2. The largest absolute Gasteiger partial charge is 0.464 e. The van der Waals surface area contributed by atoms with Gasteiger partial charge in [-0.05, 0) is 24.3 Å². The van der Waals surface area contributed by atoms with Crippen molar-refractivity contribution in [2.24, 2.45) is 0 Å². The smallest absolute Gasteiger partial charge is 0.356 e. The highest BCUT2D eigenvalue weighted by Gasteiger charge is 2.14. The maximum absolute atomic E-state index is 11.9. The van der Waals surface area contributed by atoms with Crippen LogP contribution in [0.5, 0.6) is 0 Å². The van der Waals surface area contributed by atoms with Gasteiger partial charge < -0.3 is 34.2 Å². The summed E-state index contributed by atoms with van der Waals surface area (Å²) in [5.41, 5.74) is 8.31. The number of nitrogens with zero attached hydrogens (tertiary/aromatic N) is 4. The van der Waals surface area contributed by atoms with Gasteiger partial charge in [-0.15, -0.1) is 0 Å². The molecule has 0 radical (unpaired) electrons. The number of carbonyl (C=O) groups excluding carboxylic acids is 2. The molecule has 0 aliphatic carbocycles. The first-order valence-electron chi connectivity index (χ1n) is 13.6. The number of ether oxygens (including phenoxy) is 6. The number of nitrogens with two attached hydrogens (primary N) is 1. The van der Waals surface area contributed by atoms with E-state index in [2.05, 4.69) is 19.8 Å². The Morgan fingerprint density at radius 2 is 1.17 bits per heavy atom. The predicted octanol–water partition coefficient (Wildman–Crippen LogP) is 1.02. The first-order chi connectivity index (χ1) is 20.0. The van der Waals surface area contributed by atoms with E-state index in [0.717, 1.165) is 5.69 Å². The van der Waals surface area contributed by atoms with Crippen molar-refractivity contribution in [3.05, 3.63) is 53.1 Å². The van der Waals surface area contributed by atoms with E-state index in [4.69, 9.17) is 34.2 Å². The van der Waals surface area contributed by atoms with Crippen molar-refractivity contribution in [2.75, 3.05) is 99.0 Å². The van der Waals surface area contributed by atoms with Crippen molar-refractivity contribution < 1.29 is 38.0 Å². The number of aromatic nitrogens is 2. The summed E-state index contributed by atoms with van der Waals surface area (Å²) < 4.78 is 32.8. The van der Waals surface area contributed by atoms with Gasteiger partial charge in [0.05, 0.1) is 78.5 Å². The molecular weight excluding hydrogens is 534 g/mol. The Morgan fingerprint density at radius 3 is 1.68 bits per heavy atom. The van der Waals surface area contributed by atoms with Gasteiger partial charge in [0.25, 0.3) is 0 Å². The predicted molar refractivity (Wildman–Crippen MR) is 149 cm³/mol. The Bertz CT molecular complexity index is 1070. The van der Waals surface area contributed by atoms with E-state index < -0.39 is 11.9 Å². The first kappa shape index (κ1) is 32.3. The number of rotatable bonds is 6. The summed E-state index contributed by atoms with van der Waals surface area (Å²) in [5, 5.41) is 0. The third kappa shape index (κ3) is 12.1. The highest BCUT2D eigenvalue weighted by Crippen LogP contribution is 2.12. The van der Waals surface area contributed by atoms with Crippen molar-refractivity contribution in [3.8, 4) is 0 Å². The van der Waals surface area contributed by atoms with Crippen LogP contribution in [0.25, 0.3) is 0 Å². The van der Waals surface area contributed by atoms with E-state index in [0.29, 0.717) is 104 Å². The Labute approximate surface area is 240 Å². The molecule has 0 bridgehead atoms. The van der Waals surface area contributed by atoms with E-state index in [9.17, 15) is 9.59 Å². The van der Waals surface area contributed by atoms with Crippen molar-refractivity contribution in [2.45, 2.75) is 13.1 Å². The number of hydrogen-bond acceptors (Lipinski definition) is 13. The van der Waals surface area contributed by atoms with Gasteiger partial charge in [-0.3, -0.25) is 9.80 Å². The van der Waals surface area contributed by atoms with Gasteiger partial charge in [-0.25, -0.2) is 19.6 Å². The van der Waals surface area contributed by atoms with Crippen LogP contribution in [0.2, 0.25) is 0 Å². The molecule has 13 heteroatoms. The van der Waals surface area contributed by atoms with Crippen molar-refractivity contribution in [1.29, 1.82) is 0 Å². The molecule has 1 aliphatic rings. The lowest BCUT2D eigenvalue weighted by atomic mass is 10.2. The van der Waals surface area contributed by atoms with Crippen molar-refractivity contribution in [3.63, 3.8) is 0 Å². The molecule has 2 N–H and O–H groups in total. The van der Waals surface area contributed by atoms with Gasteiger partial charge in [0.15, 0.2) is 5.69 Å². The zero-order valence-electron chi connectivity index (χ0n) is 23.9. The fourth-order valence-electron chi connectivity index (χ4n) is 4.10. The molecule has 2 aromatic heterocycles. The third-order valence-corrected chi connectivity index (χ3v) is 6.22. The quantitative estimate of drug-likeness (QED) is 0.489. The fourth-order valence-corrected chi connectivity index (χ4v) is 4.10. The number of nitrogen functional groups attached to an aromatic ring is 1. The van der Waals surface area contributed by atoms with Crippen LogP contribution in [0.15, 0.2) is 30.3 Å². The molecule has 41 heavy (non-hydrogen) atoms. The van der Waals surface area contributed by atoms with Crippen LogP contribution in [-0.2, 0) is 41.5 Å². The minimum absolute atomic E-state index is 0.176. The summed E-state index contributed by atoms with van der Waals surface area (Å²) in [4.78, 5) is 36.9. The lowest BCUT2D eigenvalue weighted by Crippen LogP contribution is -2.33. The summed E-state index contributed by atoms with van der Waals surface area (Å²) in [5.74, 6) is -0.993. The topological polar surface area (TPSA) is 148 Å². The Hall–Kier alpha value is -3.20. The standard InChI is InChI=1S/C28H41N5O8/c1-36-27(34)25-5-3-4-23(30-25)20-32-6-10-38-14-16-40-12-8-33(9-13-41-17-15-39-11-7-32)21-24-18-22(29)19-26(31-24)28(35)37-2/h3-5,18-19H,6-17,20-21H2,1-2H3,(H2,29,31). The van der Waals surface area contributed by atoms with E-state index >= 15 is 0 Å². The lowest BCUT2D eigenvalue weighted by molar-refractivity contribution is 0.00597. The second kappa shape index (κ2) is 18.3. The Morgan fingerprint density at radius 1 is 0.707 bits per heavy atom. The molecule has 0 amide bonds. The SMILES string of the molecule is COC(=O)c1cccc(CN2CCOCCOCCN(Cc3cc(N)cc(C(=O)OC)n3)CCOCCOCC2)n1. The van der Waals surface area contributed by atoms with Gasteiger partial charge in [0.2, 0.25) is 0 Å². The van der Waals surface area contributed by atoms with Crippen LogP contribution >= 0.6 is 0 Å². The highest BCUT2D eigenvalue weighted by molar-refractivity contribution is 5.88. The van der Waals surface area contributed by atoms with Gasteiger partial charge in [-0.2, -0.15) is 0 Å². The lowest BCUT2D eigenvalue weighted by Gasteiger charge is -2.23. The van der Waals surface area contributed by atoms with E-state index in [1.807, 2.05) is 6.07 Å². The Kier molecular flexibility index (Phi) is 14.4. The summed E-state index contributed by atoms with van der Waals surface area (Å²) in [6.45, 7) is 7.47. The molecule has 0 unspecified atom stereocenters. The molecule has 0 saturated carbocycles. The average Bonchev–Trinajstić information content (AvgIpc) is 2.97. The van der Waals surface area contributed by atoms with Gasteiger partial charge in [-0.1, -0.05) is 6.07 Å². The molecule has 0 spiro atoms. The molecule has 1 saturated heterocycles. The fraction of sp³-hybridized carbons (Fsp3) is 0.571. The molecule has 0 aromatic carbocycles. The first-order valence-corrected chi connectivity index (χ1v) is 13.6. The summed E-state index contributed by atoms with van der Waals surface area (Å²) in [7, 11) is 2.65. The normalized spacial score (nSPS) is 17.7. The minimum Gasteiger partial charge on any atom is -0.464 e. The number of hydrogen-bond donors (Lipinski definition) is 1.